The van der Waals surface area contributed by atoms with Crippen LogP contribution in [0.3, 0.4) is 0 Å². The van der Waals surface area contributed by atoms with E-state index in [-0.39, 0.29) is 17.7 Å². The lowest BCUT2D eigenvalue weighted by Gasteiger charge is -2.20. The van der Waals surface area contributed by atoms with Crippen molar-refractivity contribution in [3.8, 4) is 0 Å². The van der Waals surface area contributed by atoms with Crippen LogP contribution in [0.25, 0.3) is 0 Å². The molecule has 3 heteroatoms. The molecule has 13 heavy (non-hydrogen) atoms. The summed E-state index contributed by atoms with van der Waals surface area (Å²) < 4.78 is 5.14. The molecule has 1 unspecified atom stereocenters. The van der Waals surface area contributed by atoms with Gasteiger partial charge in [0.2, 0.25) is 0 Å². The molecular weight excluding hydrogens is 168 g/mol. The van der Waals surface area contributed by atoms with E-state index >= 15 is 0 Å². The molecule has 2 rings (SSSR count). The summed E-state index contributed by atoms with van der Waals surface area (Å²) in [5.74, 6) is 0.0650. The first-order valence-electron chi connectivity index (χ1n) is 5.00. The van der Waals surface area contributed by atoms with Gasteiger partial charge in [0.1, 0.15) is 0 Å². The SMILES string of the molecule is O=C(OC1CCCCC1=O)C1CC1. The van der Waals surface area contributed by atoms with Gasteiger partial charge in [-0.2, -0.15) is 0 Å². The van der Waals surface area contributed by atoms with E-state index in [0.717, 1.165) is 32.1 Å². The summed E-state index contributed by atoms with van der Waals surface area (Å²) in [5.41, 5.74) is 0. The number of ketones is 1. The minimum Gasteiger partial charge on any atom is -0.454 e. The second kappa shape index (κ2) is 3.48. The number of hydrogen-bond donors (Lipinski definition) is 0. The molecule has 0 amide bonds. The topological polar surface area (TPSA) is 43.4 Å². The average molecular weight is 182 g/mol. The fourth-order valence-electron chi connectivity index (χ4n) is 1.63. The van der Waals surface area contributed by atoms with Crippen molar-refractivity contribution < 1.29 is 14.3 Å². The summed E-state index contributed by atoms with van der Waals surface area (Å²) in [6.07, 6.45) is 4.76. The number of esters is 1. The van der Waals surface area contributed by atoms with Crippen molar-refractivity contribution in [1.29, 1.82) is 0 Å². The Kier molecular flexibility index (Phi) is 2.34. The number of rotatable bonds is 2. The van der Waals surface area contributed by atoms with Gasteiger partial charge in [0.25, 0.3) is 0 Å². The summed E-state index contributed by atoms with van der Waals surface area (Å²) in [7, 11) is 0. The molecule has 0 heterocycles. The van der Waals surface area contributed by atoms with Crippen LogP contribution >= 0.6 is 0 Å². The molecular formula is C10H14O3. The van der Waals surface area contributed by atoms with E-state index in [2.05, 4.69) is 0 Å². The number of carbonyl (C=O) groups is 2. The van der Waals surface area contributed by atoms with Gasteiger partial charge in [-0.1, -0.05) is 0 Å². The van der Waals surface area contributed by atoms with E-state index in [1.54, 1.807) is 0 Å². The summed E-state index contributed by atoms with van der Waals surface area (Å²) >= 11 is 0. The standard InChI is InChI=1S/C10H14O3/c11-8-3-1-2-4-9(8)13-10(12)7-5-6-7/h7,9H,1-6H2. The Labute approximate surface area is 77.4 Å². The normalized spacial score (nSPS) is 28.6. The van der Waals surface area contributed by atoms with E-state index in [9.17, 15) is 9.59 Å². The molecule has 0 bridgehead atoms. The van der Waals surface area contributed by atoms with E-state index in [1.807, 2.05) is 0 Å². The van der Waals surface area contributed by atoms with Crippen LogP contribution in [0.15, 0.2) is 0 Å². The van der Waals surface area contributed by atoms with E-state index < -0.39 is 6.10 Å². The second-order valence-electron chi connectivity index (χ2n) is 3.91. The fraction of sp³-hybridized carbons (Fsp3) is 0.800. The Morgan fingerprint density at radius 2 is 2.00 bits per heavy atom. The maximum Gasteiger partial charge on any atom is 0.309 e. The van der Waals surface area contributed by atoms with E-state index in [4.69, 9.17) is 4.74 Å². The van der Waals surface area contributed by atoms with Crippen molar-refractivity contribution in [2.45, 2.75) is 44.6 Å². The quantitative estimate of drug-likeness (QED) is 0.607. The Morgan fingerprint density at radius 3 is 2.62 bits per heavy atom. The van der Waals surface area contributed by atoms with Gasteiger partial charge >= 0.3 is 5.97 Å². The summed E-state index contributed by atoms with van der Waals surface area (Å²) in [6, 6.07) is 0. The molecule has 2 fully saturated rings. The molecule has 72 valence electrons. The van der Waals surface area contributed by atoms with Crippen LogP contribution in [0.4, 0.5) is 0 Å². The van der Waals surface area contributed by atoms with Gasteiger partial charge in [0.05, 0.1) is 5.92 Å². The molecule has 0 spiro atoms. The second-order valence-corrected chi connectivity index (χ2v) is 3.91. The first-order chi connectivity index (χ1) is 6.27. The van der Waals surface area contributed by atoms with Gasteiger partial charge in [0, 0.05) is 6.42 Å². The minimum atomic E-state index is -0.415. The molecule has 3 nitrogen and oxygen atoms in total. The molecule has 0 aromatic rings. The fourth-order valence-corrected chi connectivity index (χ4v) is 1.63. The molecule has 2 aliphatic carbocycles. The zero-order valence-corrected chi connectivity index (χ0v) is 7.62. The van der Waals surface area contributed by atoms with Crippen molar-refractivity contribution in [3.05, 3.63) is 0 Å². The number of ether oxygens (including phenoxy) is 1. The highest BCUT2D eigenvalue weighted by Crippen LogP contribution is 2.31. The highest BCUT2D eigenvalue weighted by atomic mass is 16.5. The van der Waals surface area contributed by atoms with Crippen LogP contribution in [0.1, 0.15) is 38.5 Å². The van der Waals surface area contributed by atoms with Gasteiger partial charge < -0.3 is 4.74 Å². The van der Waals surface area contributed by atoms with Crippen LogP contribution in [0.2, 0.25) is 0 Å². The zero-order chi connectivity index (χ0) is 9.26. The van der Waals surface area contributed by atoms with Crippen molar-refractivity contribution in [2.75, 3.05) is 0 Å². The van der Waals surface area contributed by atoms with E-state index in [0.29, 0.717) is 6.42 Å². The Balaban J connectivity index is 1.84. The highest BCUT2D eigenvalue weighted by Gasteiger charge is 2.35. The van der Waals surface area contributed by atoms with Crippen LogP contribution in [0, 0.1) is 5.92 Å². The largest absolute Gasteiger partial charge is 0.454 e. The van der Waals surface area contributed by atoms with Gasteiger partial charge in [-0.05, 0) is 32.1 Å². The molecule has 2 aliphatic rings. The molecule has 1 atom stereocenters. The average Bonchev–Trinajstić information content (AvgIpc) is 2.91. The first-order valence-corrected chi connectivity index (χ1v) is 5.00. The molecule has 2 saturated carbocycles. The smallest absolute Gasteiger partial charge is 0.309 e. The van der Waals surface area contributed by atoms with Crippen LogP contribution < -0.4 is 0 Å². The number of hydrogen-bond acceptors (Lipinski definition) is 3. The highest BCUT2D eigenvalue weighted by molar-refractivity contribution is 5.86. The van der Waals surface area contributed by atoms with E-state index in [1.165, 1.54) is 0 Å². The molecule has 0 N–H and O–H groups in total. The minimum absolute atomic E-state index is 0.106. The predicted molar refractivity (Wildman–Crippen MR) is 46.1 cm³/mol. The van der Waals surface area contributed by atoms with Gasteiger partial charge in [-0.25, -0.2) is 0 Å². The van der Waals surface area contributed by atoms with Crippen LogP contribution in [0.5, 0.6) is 0 Å². The molecule has 0 aromatic carbocycles. The maximum absolute atomic E-state index is 11.3. The lowest BCUT2D eigenvalue weighted by molar-refractivity contribution is -0.158. The summed E-state index contributed by atoms with van der Waals surface area (Å²) in [5, 5.41) is 0. The zero-order valence-electron chi connectivity index (χ0n) is 7.62. The third-order valence-corrected chi connectivity index (χ3v) is 2.67. The Hall–Kier alpha value is -0.860. The number of carbonyl (C=O) groups excluding carboxylic acids is 2. The van der Waals surface area contributed by atoms with Crippen molar-refractivity contribution >= 4 is 11.8 Å². The molecule has 0 aromatic heterocycles. The van der Waals surface area contributed by atoms with Gasteiger partial charge in [-0.3, -0.25) is 9.59 Å². The van der Waals surface area contributed by atoms with Crippen molar-refractivity contribution in [1.82, 2.24) is 0 Å². The Morgan fingerprint density at radius 1 is 1.23 bits per heavy atom. The van der Waals surface area contributed by atoms with Crippen LogP contribution in [-0.2, 0) is 14.3 Å². The number of Topliss-reactive ketones (excluding diaryl/α,β-unsaturated/α-hetero) is 1. The Bertz CT molecular complexity index is 230. The maximum atomic E-state index is 11.3. The predicted octanol–water partition coefficient (Wildman–Crippen LogP) is 1.45. The third kappa shape index (κ3) is 2.08. The molecule has 0 saturated heterocycles. The molecule has 0 aliphatic heterocycles. The first kappa shape index (κ1) is 8.73. The summed E-state index contributed by atoms with van der Waals surface area (Å²) in [4.78, 5) is 22.5. The molecule has 0 radical (unpaired) electrons. The summed E-state index contributed by atoms with van der Waals surface area (Å²) in [6.45, 7) is 0. The monoisotopic (exact) mass is 182 g/mol. The van der Waals surface area contributed by atoms with Gasteiger partial charge in [0.15, 0.2) is 11.9 Å². The van der Waals surface area contributed by atoms with Crippen LogP contribution in [-0.4, -0.2) is 17.9 Å². The van der Waals surface area contributed by atoms with Crippen molar-refractivity contribution in [2.24, 2.45) is 5.92 Å². The third-order valence-electron chi connectivity index (χ3n) is 2.67. The lowest BCUT2D eigenvalue weighted by atomic mass is 9.96. The van der Waals surface area contributed by atoms with Gasteiger partial charge in [-0.15, -0.1) is 0 Å². The van der Waals surface area contributed by atoms with Crippen molar-refractivity contribution in [3.63, 3.8) is 0 Å². The lowest BCUT2D eigenvalue weighted by Crippen LogP contribution is -2.30.